The van der Waals surface area contributed by atoms with Gasteiger partial charge in [0, 0.05) is 12.1 Å². The van der Waals surface area contributed by atoms with Crippen molar-refractivity contribution in [1.82, 2.24) is 0 Å². The predicted molar refractivity (Wildman–Crippen MR) is 70.5 cm³/mol. The average molecular weight is 298 g/mol. The van der Waals surface area contributed by atoms with Gasteiger partial charge in [0.1, 0.15) is 11.5 Å². The molecule has 0 aliphatic carbocycles. The zero-order chi connectivity index (χ0) is 14.7. The zero-order valence-corrected chi connectivity index (χ0v) is 10.8. The van der Waals surface area contributed by atoms with Gasteiger partial charge in [-0.05, 0) is 23.8 Å². The molecule has 7 heteroatoms. The topological polar surface area (TPSA) is 72.6 Å². The minimum absolute atomic E-state index is 0.0896. The maximum atomic E-state index is 13.4. The summed E-state index contributed by atoms with van der Waals surface area (Å²) >= 11 is 5.94. The summed E-state index contributed by atoms with van der Waals surface area (Å²) in [5, 5.41) is 19.7. The van der Waals surface area contributed by atoms with Crippen LogP contribution in [0.4, 0.5) is 10.1 Å². The highest BCUT2D eigenvalue weighted by Crippen LogP contribution is 2.32. The minimum Gasteiger partial charge on any atom is -0.456 e. The van der Waals surface area contributed by atoms with Crippen molar-refractivity contribution >= 4 is 17.3 Å². The zero-order valence-electron chi connectivity index (χ0n) is 10.0. The summed E-state index contributed by atoms with van der Waals surface area (Å²) in [6.45, 7) is -0.161. The fourth-order valence-corrected chi connectivity index (χ4v) is 1.79. The van der Waals surface area contributed by atoms with E-state index in [0.29, 0.717) is 5.56 Å². The normalized spacial score (nSPS) is 10.3. The van der Waals surface area contributed by atoms with Crippen LogP contribution in [-0.2, 0) is 6.61 Å². The van der Waals surface area contributed by atoms with Gasteiger partial charge < -0.3 is 9.84 Å². The number of hydrogen-bond donors (Lipinski definition) is 1. The first-order valence-corrected chi connectivity index (χ1v) is 5.90. The molecule has 104 valence electrons. The Morgan fingerprint density at radius 1 is 1.30 bits per heavy atom. The average Bonchev–Trinajstić information content (AvgIpc) is 2.40. The summed E-state index contributed by atoms with van der Waals surface area (Å²) in [7, 11) is 0. The molecule has 5 nitrogen and oxygen atoms in total. The summed E-state index contributed by atoms with van der Waals surface area (Å²) in [6, 6.07) is 7.83. The molecular formula is C13H9ClFNO4. The number of halogens is 2. The van der Waals surface area contributed by atoms with Gasteiger partial charge in [-0.15, -0.1) is 0 Å². The molecule has 0 aliphatic heterocycles. The van der Waals surface area contributed by atoms with Crippen LogP contribution in [0.3, 0.4) is 0 Å². The van der Waals surface area contributed by atoms with Crippen molar-refractivity contribution in [1.29, 1.82) is 0 Å². The number of nitrogens with zero attached hydrogens (tertiary/aromatic N) is 1. The van der Waals surface area contributed by atoms with E-state index in [2.05, 4.69) is 0 Å². The Labute approximate surface area is 118 Å². The summed E-state index contributed by atoms with van der Waals surface area (Å²) in [5.74, 6) is -0.639. The van der Waals surface area contributed by atoms with E-state index in [1.54, 1.807) is 6.07 Å². The van der Waals surface area contributed by atoms with Crippen molar-refractivity contribution in [2.45, 2.75) is 6.61 Å². The summed E-state index contributed by atoms with van der Waals surface area (Å²) in [4.78, 5) is 9.68. The summed E-state index contributed by atoms with van der Waals surface area (Å²) in [6.07, 6.45) is 0. The Balaban J connectivity index is 2.26. The number of nitro benzene ring substituents is 1. The van der Waals surface area contributed by atoms with Crippen LogP contribution in [0, 0.1) is 15.9 Å². The van der Waals surface area contributed by atoms with Crippen LogP contribution in [0.2, 0.25) is 5.02 Å². The van der Waals surface area contributed by atoms with Gasteiger partial charge in [0.25, 0.3) is 0 Å². The van der Waals surface area contributed by atoms with Crippen LogP contribution in [0.1, 0.15) is 5.56 Å². The first kappa shape index (κ1) is 14.2. The minimum atomic E-state index is -0.990. The van der Waals surface area contributed by atoms with Gasteiger partial charge in [-0.1, -0.05) is 17.7 Å². The van der Waals surface area contributed by atoms with Crippen LogP contribution in [0.5, 0.6) is 11.5 Å². The molecule has 0 saturated carbocycles. The molecule has 0 atom stereocenters. The lowest BCUT2D eigenvalue weighted by molar-refractivity contribution is -0.387. The molecule has 0 fully saturated rings. The van der Waals surface area contributed by atoms with Crippen LogP contribution in [0.15, 0.2) is 36.4 Å². The first-order valence-electron chi connectivity index (χ1n) is 5.52. The molecule has 0 heterocycles. The van der Waals surface area contributed by atoms with E-state index < -0.39 is 16.4 Å². The highest BCUT2D eigenvalue weighted by atomic mass is 35.5. The van der Waals surface area contributed by atoms with Gasteiger partial charge >= 0.3 is 5.69 Å². The Hall–Kier alpha value is -2.18. The molecule has 0 unspecified atom stereocenters. The highest BCUT2D eigenvalue weighted by Gasteiger charge is 2.15. The third-order valence-corrected chi connectivity index (χ3v) is 2.82. The quantitative estimate of drug-likeness (QED) is 0.690. The van der Waals surface area contributed by atoms with Crippen molar-refractivity contribution in [3.8, 4) is 11.5 Å². The van der Waals surface area contributed by atoms with Crippen LogP contribution in [0.25, 0.3) is 0 Å². The maximum Gasteiger partial charge on any atom is 0.305 e. The van der Waals surface area contributed by atoms with Crippen molar-refractivity contribution < 1.29 is 19.2 Å². The number of benzene rings is 2. The van der Waals surface area contributed by atoms with E-state index in [9.17, 15) is 14.5 Å². The van der Waals surface area contributed by atoms with E-state index in [1.807, 2.05) is 0 Å². The predicted octanol–water partition coefficient (Wildman–Crippen LogP) is 3.67. The third-order valence-electron chi connectivity index (χ3n) is 2.52. The van der Waals surface area contributed by atoms with Crippen molar-refractivity contribution in [2.75, 3.05) is 0 Å². The Bertz CT molecular complexity index is 663. The second kappa shape index (κ2) is 5.85. The van der Waals surface area contributed by atoms with Gasteiger partial charge in [0.05, 0.1) is 16.6 Å². The second-order valence-electron chi connectivity index (χ2n) is 3.90. The number of hydrogen-bond acceptors (Lipinski definition) is 4. The number of ether oxygens (including phenoxy) is 1. The van der Waals surface area contributed by atoms with Crippen LogP contribution in [-0.4, -0.2) is 10.0 Å². The smallest absolute Gasteiger partial charge is 0.305 e. The third kappa shape index (κ3) is 3.04. The van der Waals surface area contributed by atoms with Crippen molar-refractivity contribution in [3.63, 3.8) is 0 Å². The summed E-state index contributed by atoms with van der Waals surface area (Å²) < 4.78 is 18.8. The summed E-state index contributed by atoms with van der Waals surface area (Å²) in [5.41, 5.74) is -0.0173. The monoisotopic (exact) mass is 297 g/mol. The Morgan fingerprint density at radius 3 is 2.60 bits per heavy atom. The SMILES string of the molecule is O=[N+]([O-])c1ccc(Oc2ccc(CO)cc2Cl)cc1F. The van der Waals surface area contributed by atoms with Crippen molar-refractivity contribution in [3.05, 3.63) is 62.9 Å². The molecular weight excluding hydrogens is 289 g/mol. The van der Waals surface area contributed by atoms with E-state index in [0.717, 1.165) is 12.1 Å². The molecule has 2 aromatic carbocycles. The van der Waals surface area contributed by atoms with Gasteiger partial charge in [-0.3, -0.25) is 10.1 Å². The molecule has 2 rings (SSSR count). The molecule has 0 amide bonds. The number of rotatable bonds is 4. The highest BCUT2D eigenvalue weighted by molar-refractivity contribution is 6.32. The molecule has 0 radical (unpaired) electrons. The van der Waals surface area contributed by atoms with E-state index in [1.165, 1.54) is 18.2 Å². The largest absolute Gasteiger partial charge is 0.456 e. The molecule has 0 saturated heterocycles. The number of nitro groups is 1. The van der Waals surface area contributed by atoms with E-state index in [-0.39, 0.29) is 23.1 Å². The van der Waals surface area contributed by atoms with Crippen LogP contribution < -0.4 is 4.74 Å². The molecule has 0 aromatic heterocycles. The van der Waals surface area contributed by atoms with Gasteiger partial charge in [-0.2, -0.15) is 4.39 Å². The standard InChI is InChI=1S/C13H9ClFNO4/c14-10-5-8(7-17)1-4-13(10)20-9-2-3-12(16(18)19)11(15)6-9/h1-6,17H,7H2. The van der Waals surface area contributed by atoms with Gasteiger partial charge in [0.2, 0.25) is 5.82 Å². The number of aliphatic hydroxyl groups excluding tert-OH is 1. The second-order valence-corrected chi connectivity index (χ2v) is 4.30. The molecule has 0 aliphatic rings. The fourth-order valence-electron chi connectivity index (χ4n) is 1.55. The van der Waals surface area contributed by atoms with Crippen molar-refractivity contribution in [2.24, 2.45) is 0 Å². The molecule has 0 bridgehead atoms. The van der Waals surface area contributed by atoms with Gasteiger partial charge in [0.15, 0.2) is 0 Å². The van der Waals surface area contributed by atoms with E-state index >= 15 is 0 Å². The lowest BCUT2D eigenvalue weighted by Gasteiger charge is -2.08. The maximum absolute atomic E-state index is 13.4. The molecule has 2 aromatic rings. The first-order chi connectivity index (χ1) is 9.51. The molecule has 1 N–H and O–H groups in total. The lowest BCUT2D eigenvalue weighted by atomic mass is 10.2. The number of aliphatic hydroxyl groups is 1. The molecule has 20 heavy (non-hydrogen) atoms. The van der Waals surface area contributed by atoms with Crippen LogP contribution >= 0.6 is 11.6 Å². The Morgan fingerprint density at radius 2 is 2.05 bits per heavy atom. The lowest BCUT2D eigenvalue weighted by Crippen LogP contribution is -1.93. The van der Waals surface area contributed by atoms with E-state index in [4.69, 9.17) is 21.4 Å². The molecule has 0 spiro atoms. The Kier molecular flexibility index (Phi) is 4.16. The van der Waals surface area contributed by atoms with Gasteiger partial charge in [-0.25, -0.2) is 0 Å². The fraction of sp³-hybridized carbons (Fsp3) is 0.0769.